The molecule has 2 aliphatic heterocycles. The van der Waals surface area contributed by atoms with E-state index in [1.165, 1.54) is 16.9 Å². The lowest BCUT2D eigenvalue weighted by molar-refractivity contribution is -0.156. The topological polar surface area (TPSA) is 297 Å². The standard InChI is InChI=1S/C29H32O4S.3C20H20O4S.C16H20O3S.C15H18O3S/c1-4-29(2,3)28(31)33-21-20-32-19-18-22-10-14-25(15-11-22)34-26-16-12-24(13-17-26)27(30)23-8-6-5-7-9-23;1-3-13(2)20(22)24-12-11-23-16-9-6-8-15-18(21)14-7-4-5-10-17(14)25-19(15)16;1-3-13(2)20(22)24-11-10-23-14-8-9-18-16(12-14)19(21)15-6-4-5-7-17(15)25-18;1-3-13(2)20(22)24-11-10-23-14-8-9-16-18(12-14)25-17-7-5-4-6-15(17)19(16)21;1-4-16(2,3)15(18)19-10-11-9-13(17)12-7-5-6-8-14(12)20-11;1-4-15(2,3)14(17)18-12-7-5-6-10-11(16)8-9-19-13(10)12/h5-17H,4,18-21H2,1-3H3;4-10,13H,3,11-12H2,1-2H3;2*4-9,12-13H,3,10-11H2,1-2H3;5-8,11H,4,9-10H2,1-3H3;5-7H,4,8-9H2,1-3H3. The molecule has 4 atom stereocenters. The zero-order valence-electron chi connectivity index (χ0n) is 86.6. The van der Waals surface area contributed by atoms with Crippen LogP contribution < -0.4 is 35.2 Å². The summed E-state index contributed by atoms with van der Waals surface area (Å²) in [4.78, 5) is 149. The van der Waals surface area contributed by atoms with Gasteiger partial charge in [0.2, 0.25) is 0 Å². The Balaban J connectivity index is 0.000000170. The van der Waals surface area contributed by atoms with Crippen LogP contribution in [0.25, 0.3) is 60.5 Å². The highest BCUT2D eigenvalue weighted by molar-refractivity contribution is 8.00. The van der Waals surface area contributed by atoms with Gasteiger partial charge in [-0.15, -0.1) is 57.5 Å². The molecular formula is C120H130O22S6. The van der Waals surface area contributed by atoms with Gasteiger partial charge < -0.3 is 47.4 Å². The summed E-state index contributed by atoms with van der Waals surface area (Å²) in [6.07, 6.45) is 6.26. The number of esters is 6. The minimum absolute atomic E-state index is 0.0120. The monoisotopic (exact) mass is 2110 g/mol. The first-order valence-corrected chi connectivity index (χ1v) is 55.2. The second-order valence-electron chi connectivity index (χ2n) is 37.4. The van der Waals surface area contributed by atoms with E-state index in [9.17, 15) is 57.5 Å². The molecule has 0 fully saturated rings. The van der Waals surface area contributed by atoms with Crippen molar-refractivity contribution in [3.8, 4) is 23.0 Å². The summed E-state index contributed by atoms with van der Waals surface area (Å²) in [5.74, 6) is 1.95. The van der Waals surface area contributed by atoms with Crippen molar-refractivity contribution >= 4 is 183 Å². The smallest absolute Gasteiger partial charge is 0.316 e. The lowest BCUT2D eigenvalue weighted by atomic mass is 9.91. The normalized spacial score (nSPS) is 13.2. The zero-order chi connectivity index (χ0) is 107. The van der Waals surface area contributed by atoms with Crippen LogP contribution in [0.15, 0.2) is 283 Å². The van der Waals surface area contributed by atoms with E-state index in [4.69, 9.17) is 47.4 Å². The Morgan fingerprint density at radius 3 is 1.41 bits per heavy atom. The first-order valence-electron chi connectivity index (χ1n) is 50.0. The number of thioether (sulfide) groups is 2. The predicted octanol–water partition coefficient (Wildman–Crippen LogP) is 27.2. The Morgan fingerprint density at radius 1 is 0.378 bits per heavy atom. The molecule has 0 aliphatic carbocycles. The Labute approximate surface area is 889 Å². The fraction of sp³-hybridized carbons (Fsp3) is 0.350. The van der Waals surface area contributed by atoms with Gasteiger partial charge in [-0.05, 0) is 226 Å². The van der Waals surface area contributed by atoms with Gasteiger partial charge in [0.15, 0.2) is 33.6 Å². The summed E-state index contributed by atoms with van der Waals surface area (Å²) in [7, 11) is 0. The quantitative estimate of drug-likeness (QED) is 0.00872. The molecule has 148 heavy (non-hydrogen) atoms. The third kappa shape index (κ3) is 32.7. The lowest BCUT2D eigenvalue weighted by Gasteiger charge is -2.25. The van der Waals surface area contributed by atoms with E-state index < -0.39 is 16.2 Å². The molecule has 5 heterocycles. The Bertz CT molecular complexity index is 7100. The van der Waals surface area contributed by atoms with E-state index >= 15 is 0 Å². The number of rotatable bonds is 37. The summed E-state index contributed by atoms with van der Waals surface area (Å²) in [5.41, 5.74) is 2.70. The maximum Gasteiger partial charge on any atom is 0.316 e. The molecule has 3 aromatic heterocycles. The van der Waals surface area contributed by atoms with E-state index in [1.54, 1.807) is 94.4 Å². The van der Waals surface area contributed by atoms with Crippen LogP contribution >= 0.6 is 69.3 Å². The molecule has 778 valence electrons. The molecule has 22 nitrogen and oxygen atoms in total. The minimum atomic E-state index is -0.508. The van der Waals surface area contributed by atoms with Crippen LogP contribution in [0.1, 0.15) is 197 Å². The third-order valence-corrected chi connectivity index (χ3v) is 32.3. The van der Waals surface area contributed by atoms with Crippen molar-refractivity contribution in [1.82, 2.24) is 0 Å². The molecule has 0 amide bonds. The van der Waals surface area contributed by atoms with Gasteiger partial charge in [-0.1, -0.05) is 189 Å². The molecule has 16 rings (SSSR count). The summed E-state index contributed by atoms with van der Waals surface area (Å²) in [5, 5.41) is 4.20. The van der Waals surface area contributed by atoms with Gasteiger partial charge in [0.05, 0.1) is 62.1 Å². The Hall–Kier alpha value is -12.7. The summed E-state index contributed by atoms with van der Waals surface area (Å²) in [6.45, 7) is 31.5. The first kappa shape index (κ1) is 116. The van der Waals surface area contributed by atoms with Crippen molar-refractivity contribution in [1.29, 1.82) is 0 Å². The largest absolute Gasteiger partial charge is 0.490 e. The second-order valence-corrected chi connectivity index (χ2v) is 44.2. The van der Waals surface area contributed by atoms with Crippen molar-refractivity contribution in [3.05, 3.63) is 307 Å². The fourth-order valence-electron chi connectivity index (χ4n) is 14.3. The highest BCUT2D eigenvalue weighted by atomic mass is 32.2. The van der Waals surface area contributed by atoms with Crippen molar-refractivity contribution in [3.63, 3.8) is 0 Å². The van der Waals surface area contributed by atoms with E-state index in [0.717, 1.165) is 114 Å². The van der Waals surface area contributed by atoms with Gasteiger partial charge in [-0.25, -0.2) is 0 Å². The molecule has 2 aliphatic rings. The first-order chi connectivity index (χ1) is 71.1. The maximum absolute atomic E-state index is 12.6. The second kappa shape index (κ2) is 56.6. The van der Waals surface area contributed by atoms with Gasteiger partial charge in [0.1, 0.15) is 75.9 Å². The lowest BCUT2D eigenvalue weighted by Crippen LogP contribution is -2.30. The van der Waals surface area contributed by atoms with Crippen LogP contribution in [0.5, 0.6) is 23.0 Å². The molecule has 0 radical (unpaired) electrons. The average molecular weight is 2120 g/mol. The Kier molecular flexibility index (Phi) is 44.2. The number of fused-ring (bicyclic) bond motifs is 8. The molecule has 0 saturated heterocycles. The van der Waals surface area contributed by atoms with Gasteiger partial charge >= 0.3 is 35.8 Å². The molecule has 0 saturated carbocycles. The van der Waals surface area contributed by atoms with E-state index in [1.807, 2.05) is 292 Å². The Morgan fingerprint density at radius 2 is 0.824 bits per heavy atom. The van der Waals surface area contributed by atoms with Crippen LogP contribution in [0, 0.1) is 34.0 Å². The summed E-state index contributed by atoms with van der Waals surface area (Å²) in [6, 6.07) is 77.5. The number of carbonyl (C=O) groups is 9. The van der Waals surface area contributed by atoms with Crippen molar-refractivity contribution in [2.45, 2.75) is 186 Å². The molecule has 0 spiro atoms. The van der Waals surface area contributed by atoms with E-state index in [2.05, 4.69) is 24.3 Å². The molecule has 14 aromatic rings. The molecule has 11 aromatic carbocycles. The minimum Gasteiger partial charge on any atom is -0.490 e. The number of Topliss-reactive ketones (excluding diaryl/α,β-unsaturated/α-hetero) is 2. The third-order valence-electron chi connectivity index (χ3n) is 25.5. The van der Waals surface area contributed by atoms with Crippen LogP contribution in [-0.4, -0.2) is 130 Å². The van der Waals surface area contributed by atoms with Gasteiger partial charge in [0, 0.05) is 111 Å². The number of ether oxygens (including phenoxy) is 10. The van der Waals surface area contributed by atoms with Gasteiger partial charge in [-0.3, -0.25) is 57.5 Å². The number of carbonyl (C=O) groups excluding carboxylic acids is 9. The maximum atomic E-state index is 12.6. The molecular weight excluding hydrogens is 1990 g/mol. The summed E-state index contributed by atoms with van der Waals surface area (Å²) < 4.78 is 59.9. The number of hydrogen-bond donors (Lipinski definition) is 0. The van der Waals surface area contributed by atoms with Crippen LogP contribution in [-0.2, 0) is 63.6 Å². The van der Waals surface area contributed by atoms with Crippen LogP contribution in [0.4, 0.5) is 0 Å². The number of ketones is 3. The van der Waals surface area contributed by atoms with Crippen LogP contribution in [0.2, 0.25) is 0 Å². The predicted molar refractivity (Wildman–Crippen MR) is 597 cm³/mol. The molecule has 0 N–H and O–H groups in total. The SMILES string of the molecule is CCC(C)(C)C(=O)OCC1CC(=O)c2ccccc2S1.CCC(C)(C)C(=O)OCCOCCc1ccc(Sc2ccc(C(=O)c3ccccc3)cc2)cc1.CCC(C)(C)C(=O)Oc1cccc2c1SCCC2=O.CCC(C)C(=O)OCCOc1ccc2c(=O)c3ccccc3sc2c1.CCC(C)C(=O)OCCOc1ccc2sc3ccccc3c(=O)c2c1.CCC(C)C(=O)OCCOc1cccc2c(=O)c3ccccc3sc12. The summed E-state index contributed by atoms with van der Waals surface area (Å²) >= 11 is 9.55. The van der Waals surface area contributed by atoms with Crippen molar-refractivity contribution in [2.75, 3.05) is 71.8 Å². The van der Waals surface area contributed by atoms with E-state index in [-0.39, 0.29) is 139 Å². The number of hydrogen-bond acceptors (Lipinski definition) is 28. The number of benzene rings is 11. The van der Waals surface area contributed by atoms with Crippen molar-refractivity contribution in [2.24, 2.45) is 34.0 Å². The zero-order valence-corrected chi connectivity index (χ0v) is 91.5. The van der Waals surface area contributed by atoms with Gasteiger partial charge in [0.25, 0.3) is 0 Å². The fourth-order valence-corrected chi connectivity index (χ4v) is 20.6. The van der Waals surface area contributed by atoms with Crippen LogP contribution in [0.3, 0.4) is 0 Å². The van der Waals surface area contributed by atoms with E-state index in [0.29, 0.717) is 94.9 Å². The highest BCUT2D eigenvalue weighted by Crippen LogP contribution is 2.41. The average Bonchev–Trinajstić information content (AvgIpc) is 0.780. The van der Waals surface area contributed by atoms with Crippen molar-refractivity contribution < 1.29 is 90.5 Å². The highest BCUT2D eigenvalue weighted by Gasteiger charge is 2.34. The van der Waals surface area contributed by atoms with Gasteiger partial charge in [-0.2, -0.15) is 0 Å². The molecule has 28 heteroatoms. The molecule has 4 unspecified atom stereocenters. The molecule has 0 bridgehead atoms.